The molecule has 1 fully saturated rings. The van der Waals surface area contributed by atoms with Gasteiger partial charge < -0.3 is 20.1 Å². The molecule has 1 aromatic rings. The fourth-order valence-electron chi connectivity index (χ4n) is 2.67. The van der Waals surface area contributed by atoms with Crippen molar-refractivity contribution in [3.63, 3.8) is 0 Å². The first kappa shape index (κ1) is 15.0. The van der Waals surface area contributed by atoms with E-state index in [4.69, 9.17) is 15.2 Å². The third-order valence-electron chi connectivity index (χ3n) is 3.88. The van der Waals surface area contributed by atoms with Crippen LogP contribution in [-0.2, 0) is 4.74 Å². The van der Waals surface area contributed by atoms with E-state index in [1.807, 2.05) is 26.0 Å². The van der Waals surface area contributed by atoms with Crippen molar-refractivity contribution >= 4 is 11.4 Å². The fraction of sp³-hybridized carbons (Fsp3) is 0.625. The Morgan fingerprint density at radius 2 is 2.10 bits per heavy atom. The zero-order chi connectivity index (χ0) is 14.8. The predicted octanol–water partition coefficient (Wildman–Crippen LogP) is 3.06. The Labute approximate surface area is 121 Å². The first-order valence-electron chi connectivity index (χ1n) is 7.30. The third kappa shape index (κ3) is 3.37. The van der Waals surface area contributed by atoms with Crippen LogP contribution in [-0.4, -0.2) is 31.9 Å². The second-order valence-electron chi connectivity index (χ2n) is 6.07. The van der Waals surface area contributed by atoms with Gasteiger partial charge in [-0.25, -0.2) is 0 Å². The summed E-state index contributed by atoms with van der Waals surface area (Å²) < 4.78 is 11.4. The molecule has 0 radical (unpaired) electrons. The van der Waals surface area contributed by atoms with Gasteiger partial charge in [0.15, 0.2) is 0 Å². The molecule has 1 aromatic carbocycles. The summed E-state index contributed by atoms with van der Waals surface area (Å²) in [5.41, 5.74) is 7.75. The van der Waals surface area contributed by atoms with Gasteiger partial charge in [-0.15, -0.1) is 0 Å². The maximum Gasteiger partial charge on any atom is 0.144 e. The lowest BCUT2D eigenvalue weighted by Crippen LogP contribution is -2.47. The molecular formula is C16H26N2O2. The molecule has 0 bridgehead atoms. The molecule has 1 atom stereocenters. The minimum atomic E-state index is -0.0707. The molecule has 1 saturated heterocycles. The second-order valence-corrected chi connectivity index (χ2v) is 6.07. The summed E-state index contributed by atoms with van der Waals surface area (Å²) >= 11 is 0. The zero-order valence-electron chi connectivity index (χ0n) is 13.0. The van der Waals surface area contributed by atoms with E-state index >= 15 is 0 Å². The van der Waals surface area contributed by atoms with Crippen LogP contribution in [0.25, 0.3) is 0 Å². The Kier molecular flexibility index (Phi) is 4.43. The van der Waals surface area contributed by atoms with Crippen molar-refractivity contribution in [3.05, 3.63) is 18.2 Å². The Bertz CT molecular complexity index is 462. The van der Waals surface area contributed by atoms with Gasteiger partial charge in [0, 0.05) is 32.0 Å². The van der Waals surface area contributed by atoms with Crippen LogP contribution < -0.4 is 15.4 Å². The molecule has 0 amide bonds. The highest BCUT2D eigenvalue weighted by Crippen LogP contribution is 2.32. The van der Waals surface area contributed by atoms with Crippen LogP contribution in [0.5, 0.6) is 5.75 Å². The topological polar surface area (TPSA) is 47.7 Å². The van der Waals surface area contributed by atoms with Crippen LogP contribution in [0.15, 0.2) is 18.2 Å². The molecule has 0 aliphatic carbocycles. The summed E-state index contributed by atoms with van der Waals surface area (Å²) in [6, 6.07) is 6.02. The molecule has 1 aliphatic rings. The van der Waals surface area contributed by atoms with Crippen LogP contribution >= 0.6 is 0 Å². The molecule has 0 spiro atoms. The molecule has 1 aliphatic heterocycles. The number of nitrogens with zero attached hydrogens (tertiary/aromatic N) is 1. The van der Waals surface area contributed by atoms with Crippen molar-refractivity contribution in [2.75, 3.05) is 30.8 Å². The number of ether oxygens (including phenoxy) is 2. The fourth-order valence-corrected chi connectivity index (χ4v) is 2.67. The highest BCUT2D eigenvalue weighted by molar-refractivity contribution is 5.62. The molecule has 4 heteroatoms. The lowest BCUT2D eigenvalue weighted by Gasteiger charge is -2.40. The van der Waals surface area contributed by atoms with Gasteiger partial charge in [-0.1, -0.05) is 0 Å². The molecule has 1 heterocycles. The lowest BCUT2D eigenvalue weighted by atomic mass is 9.94. The zero-order valence-corrected chi connectivity index (χ0v) is 13.0. The summed E-state index contributed by atoms with van der Waals surface area (Å²) in [7, 11) is 1.79. The first-order valence-corrected chi connectivity index (χ1v) is 7.30. The van der Waals surface area contributed by atoms with Crippen molar-refractivity contribution in [1.29, 1.82) is 0 Å². The summed E-state index contributed by atoms with van der Waals surface area (Å²) in [4.78, 5) is 2.35. The van der Waals surface area contributed by atoms with Gasteiger partial charge in [-0.2, -0.15) is 0 Å². The van der Waals surface area contributed by atoms with Crippen molar-refractivity contribution in [2.45, 2.75) is 45.3 Å². The van der Waals surface area contributed by atoms with E-state index in [0.717, 1.165) is 37.4 Å². The van der Waals surface area contributed by atoms with Gasteiger partial charge in [-0.05, 0) is 45.7 Å². The number of methoxy groups -OCH3 is 1. The number of benzene rings is 1. The molecule has 0 saturated carbocycles. The first-order chi connectivity index (χ1) is 9.43. The minimum absolute atomic E-state index is 0.0707. The standard InChI is InChI=1S/C16H26N2O2/c1-12(2)20-15-10-13(6-7-14(15)17)18-9-5-8-16(3,11-18)19-4/h6-7,10,12H,5,8-9,11,17H2,1-4H3. The average Bonchev–Trinajstić information content (AvgIpc) is 2.41. The van der Waals surface area contributed by atoms with E-state index in [0.29, 0.717) is 5.69 Å². The average molecular weight is 278 g/mol. The van der Waals surface area contributed by atoms with Crippen molar-refractivity contribution in [2.24, 2.45) is 0 Å². The Morgan fingerprint density at radius 1 is 1.35 bits per heavy atom. The maximum absolute atomic E-state index is 5.98. The highest BCUT2D eigenvalue weighted by Gasteiger charge is 2.31. The molecule has 112 valence electrons. The Morgan fingerprint density at radius 3 is 2.75 bits per heavy atom. The molecule has 0 aromatic heterocycles. The van der Waals surface area contributed by atoms with E-state index in [2.05, 4.69) is 17.9 Å². The van der Waals surface area contributed by atoms with E-state index in [9.17, 15) is 0 Å². The third-order valence-corrected chi connectivity index (χ3v) is 3.88. The monoisotopic (exact) mass is 278 g/mol. The number of nitrogens with two attached hydrogens (primary N) is 1. The van der Waals surface area contributed by atoms with Crippen LogP contribution in [0.1, 0.15) is 33.6 Å². The number of nitrogen functional groups attached to an aromatic ring is 1. The predicted molar refractivity (Wildman–Crippen MR) is 83.5 cm³/mol. The summed E-state index contributed by atoms with van der Waals surface area (Å²) in [6.45, 7) is 8.13. The van der Waals surface area contributed by atoms with E-state index in [1.54, 1.807) is 7.11 Å². The van der Waals surface area contributed by atoms with Gasteiger partial charge in [0.05, 0.1) is 17.4 Å². The SMILES string of the molecule is COC1(C)CCCN(c2ccc(N)c(OC(C)C)c2)C1. The van der Waals surface area contributed by atoms with Gasteiger partial charge in [0.1, 0.15) is 5.75 Å². The van der Waals surface area contributed by atoms with Gasteiger partial charge >= 0.3 is 0 Å². The van der Waals surface area contributed by atoms with Crippen molar-refractivity contribution in [1.82, 2.24) is 0 Å². The second kappa shape index (κ2) is 5.92. The number of rotatable bonds is 4. The molecule has 2 N–H and O–H groups in total. The molecule has 1 unspecified atom stereocenters. The number of piperidine rings is 1. The van der Waals surface area contributed by atoms with Crippen molar-refractivity contribution in [3.8, 4) is 5.75 Å². The molecule has 20 heavy (non-hydrogen) atoms. The van der Waals surface area contributed by atoms with E-state index in [1.165, 1.54) is 0 Å². The van der Waals surface area contributed by atoms with Crippen LogP contribution in [0.4, 0.5) is 11.4 Å². The van der Waals surface area contributed by atoms with E-state index in [-0.39, 0.29) is 11.7 Å². The van der Waals surface area contributed by atoms with Crippen LogP contribution in [0, 0.1) is 0 Å². The number of hydrogen-bond donors (Lipinski definition) is 1. The maximum atomic E-state index is 5.98. The number of hydrogen-bond acceptors (Lipinski definition) is 4. The van der Waals surface area contributed by atoms with Gasteiger partial charge in [-0.3, -0.25) is 0 Å². The Hall–Kier alpha value is -1.42. The van der Waals surface area contributed by atoms with Crippen molar-refractivity contribution < 1.29 is 9.47 Å². The summed E-state index contributed by atoms with van der Waals surface area (Å²) in [6.07, 6.45) is 2.36. The van der Waals surface area contributed by atoms with E-state index < -0.39 is 0 Å². The van der Waals surface area contributed by atoms with Crippen LogP contribution in [0.3, 0.4) is 0 Å². The lowest BCUT2D eigenvalue weighted by molar-refractivity contribution is -0.00466. The summed E-state index contributed by atoms with van der Waals surface area (Å²) in [5.74, 6) is 0.766. The smallest absolute Gasteiger partial charge is 0.144 e. The molecule has 2 rings (SSSR count). The molecule has 4 nitrogen and oxygen atoms in total. The quantitative estimate of drug-likeness (QED) is 0.860. The number of anilines is 2. The highest BCUT2D eigenvalue weighted by atomic mass is 16.5. The normalized spacial score (nSPS) is 23.1. The van der Waals surface area contributed by atoms with Gasteiger partial charge in [0.2, 0.25) is 0 Å². The van der Waals surface area contributed by atoms with Gasteiger partial charge in [0.25, 0.3) is 0 Å². The Balaban J connectivity index is 2.20. The summed E-state index contributed by atoms with van der Waals surface area (Å²) in [5, 5.41) is 0. The van der Waals surface area contributed by atoms with Crippen LogP contribution in [0.2, 0.25) is 0 Å². The largest absolute Gasteiger partial charge is 0.489 e. The minimum Gasteiger partial charge on any atom is -0.489 e. The molecular weight excluding hydrogens is 252 g/mol.